The third kappa shape index (κ3) is 3.52. The van der Waals surface area contributed by atoms with Gasteiger partial charge in [0, 0.05) is 29.1 Å². The molecule has 78 valence electrons. The Morgan fingerprint density at radius 3 is 2.08 bits per heavy atom. The van der Waals surface area contributed by atoms with Crippen molar-refractivity contribution in [2.24, 2.45) is 5.41 Å². The molecule has 1 aliphatic heterocycles. The molecule has 0 bridgehead atoms. The van der Waals surface area contributed by atoms with Crippen LogP contribution in [0.1, 0.15) is 13.8 Å². The summed E-state index contributed by atoms with van der Waals surface area (Å²) in [6, 6.07) is 0. The highest BCUT2D eigenvalue weighted by Gasteiger charge is 2.42. The summed E-state index contributed by atoms with van der Waals surface area (Å²) in [6.07, 6.45) is 2.27. The van der Waals surface area contributed by atoms with E-state index in [9.17, 15) is 0 Å². The average molecular weight is 255 g/mol. The monoisotopic (exact) mass is 255 g/mol. The minimum atomic E-state index is -0.713. The Balaban J connectivity index is 2.50. The molecule has 0 spiro atoms. The van der Waals surface area contributed by atoms with E-state index in [-0.39, 0.29) is 0 Å². The Bertz CT molecular complexity index is 170. The molecule has 0 aromatic heterocycles. The molecule has 13 heavy (non-hydrogen) atoms. The minimum absolute atomic E-state index is 0.560. The molecule has 0 aromatic carbocycles. The van der Waals surface area contributed by atoms with Crippen molar-refractivity contribution in [3.05, 3.63) is 0 Å². The molecule has 0 nitrogen and oxygen atoms in total. The molecular weight excluding hydrogens is 235 g/mol. The molecule has 0 unspecified atom stereocenters. The summed E-state index contributed by atoms with van der Waals surface area (Å²) in [7, 11) is 0. The van der Waals surface area contributed by atoms with E-state index in [1.807, 2.05) is 0 Å². The first-order valence-electron chi connectivity index (χ1n) is 4.50. The summed E-state index contributed by atoms with van der Waals surface area (Å²) >= 11 is 6.49. The van der Waals surface area contributed by atoms with Gasteiger partial charge in [0.1, 0.15) is 0 Å². The highest BCUT2D eigenvalue weighted by Crippen LogP contribution is 2.73. The fraction of sp³-hybridized carbons (Fsp3) is 1.00. The van der Waals surface area contributed by atoms with Gasteiger partial charge < -0.3 is 0 Å². The molecule has 4 heteroatoms. The Labute approximate surface area is 95.9 Å². The second-order valence-corrected chi connectivity index (χ2v) is 15.6. The van der Waals surface area contributed by atoms with Crippen LogP contribution in [0.3, 0.4) is 0 Å². The van der Waals surface area contributed by atoms with Crippen LogP contribution in [0.4, 0.5) is 0 Å². The van der Waals surface area contributed by atoms with Crippen LogP contribution >= 0.6 is 41.4 Å². The largest absolute Gasteiger partial charge is 0.169 e. The maximum Gasteiger partial charge on any atom is 0.169 e. The summed E-state index contributed by atoms with van der Waals surface area (Å²) in [4.78, 5) is 0. The fourth-order valence-corrected chi connectivity index (χ4v) is 10.1. The van der Waals surface area contributed by atoms with E-state index in [4.69, 9.17) is 0 Å². The maximum absolute atomic E-state index is 2.47. The minimum Gasteiger partial charge on any atom is -0.106 e. The molecule has 1 aliphatic rings. The maximum atomic E-state index is 2.47. The van der Waals surface area contributed by atoms with Gasteiger partial charge in [-0.05, 0) is 5.41 Å². The van der Waals surface area contributed by atoms with Crippen molar-refractivity contribution in [2.45, 2.75) is 18.2 Å². The lowest BCUT2D eigenvalue weighted by Gasteiger charge is -2.35. The topological polar surface area (TPSA) is 0 Å². The van der Waals surface area contributed by atoms with Crippen LogP contribution < -0.4 is 0 Å². The van der Waals surface area contributed by atoms with E-state index in [2.05, 4.69) is 68.3 Å². The van der Waals surface area contributed by atoms with Crippen LogP contribution in [0.15, 0.2) is 0 Å². The van der Waals surface area contributed by atoms with E-state index in [0.29, 0.717) is 5.41 Å². The highest BCUT2D eigenvalue weighted by molar-refractivity contribution is 8.66. The van der Waals surface area contributed by atoms with Crippen molar-refractivity contribution < 1.29 is 0 Å². The van der Waals surface area contributed by atoms with E-state index in [1.54, 1.807) is 0 Å². The first-order chi connectivity index (χ1) is 5.87. The van der Waals surface area contributed by atoms with Crippen molar-refractivity contribution in [1.82, 2.24) is 0 Å². The number of hydrogen-bond acceptors (Lipinski definition) is 3. The average Bonchev–Trinajstić information content (AvgIpc) is 2.04. The van der Waals surface area contributed by atoms with Crippen molar-refractivity contribution in [1.29, 1.82) is 0 Å². The zero-order valence-corrected chi connectivity index (χ0v) is 12.5. The van der Waals surface area contributed by atoms with Gasteiger partial charge in [0.25, 0.3) is 0 Å². The standard InChI is InChI=1S/C9H20PS3/c1-9(2)6-12-8(13-7-9)10(3,4)11-5/h8H,6-7H2,1-5H3/q+1. The van der Waals surface area contributed by atoms with Gasteiger partial charge in [-0.2, -0.15) is 0 Å². The Hall–Kier alpha value is 1.48. The smallest absolute Gasteiger partial charge is 0.106 e. The van der Waals surface area contributed by atoms with Crippen molar-refractivity contribution in [2.75, 3.05) is 31.1 Å². The molecule has 0 N–H and O–H groups in total. The summed E-state index contributed by atoms with van der Waals surface area (Å²) in [6.45, 7) is 9.00. The summed E-state index contributed by atoms with van der Waals surface area (Å²) < 4.78 is 0.885. The van der Waals surface area contributed by atoms with Crippen molar-refractivity contribution in [3.63, 3.8) is 0 Å². The molecule has 0 aromatic rings. The first kappa shape index (κ1) is 12.5. The zero-order chi connectivity index (χ0) is 10.1. The molecule has 1 rings (SSSR count). The molecule has 0 saturated carbocycles. The fourth-order valence-electron chi connectivity index (χ4n) is 1.13. The normalized spacial score (nSPS) is 24.7. The molecule has 1 fully saturated rings. The van der Waals surface area contributed by atoms with Gasteiger partial charge in [-0.25, -0.2) is 0 Å². The number of thioether (sulfide) groups is 2. The van der Waals surface area contributed by atoms with Gasteiger partial charge in [-0.15, -0.1) is 23.5 Å². The van der Waals surface area contributed by atoms with Crippen LogP contribution in [-0.2, 0) is 0 Å². The van der Waals surface area contributed by atoms with Crippen LogP contribution in [0, 0.1) is 5.41 Å². The second kappa shape index (κ2) is 4.55. The summed E-state index contributed by atoms with van der Waals surface area (Å²) in [5.41, 5.74) is 0.560. The third-order valence-corrected chi connectivity index (χ3v) is 15.8. The molecule has 1 saturated heterocycles. The van der Waals surface area contributed by atoms with Crippen LogP contribution in [0.25, 0.3) is 0 Å². The predicted octanol–water partition coefficient (Wildman–Crippen LogP) is 4.33. The lowest BCUT2D eigenvalue weighted by atomic mass is 10.0. The number of hydrogen-bond donors (Lipinski definition) is 0. The second-order valence-electron chi connectivity index (χ2n) is 4.71. The van der Waals surface area contributed by atoms with Gasteiger partial charge in [0.05, 0.1) is 19.8 Å². The van der Waals surface area contributed by atoms with Gasteiger partial charge >= 0.3 is 0 Å². The lowest BCUT2D eigenvalue weighted by molar-refractivity contribution is 0.490. The highest BCUT2D eigenvalue weighted by atomic mass is 32.7. The Morgan fingerprint density at radius 2 is 1.69 bits per heavy atom. The predicted molar refractivity (Wildman–Crippen MR) is 74.8 cm³/mol. The van der Waals surface area contributed by atoms with Gasteiger partial charge in [-0.1, -0.05) is 13.8 Å². The zero-order valence-electron chi connectivity index (χ0n) is 9.16. The van der Waals surface area contributed by atoms with Gasteiger partial charge in [0.15, 0.2) is 4.32 Å². The van der Waals surface area contributed by atoms with E-state index >= 15 is 0 Å². The quantitative estimate of drug-likeness (QED) is 0.674. The SMILES string of the molecule is CS[P+](C)(C)C1SCC(C)(C)CS1. The van der Waals surface area contributed by atoms with Crippen LogP contribution in [0.5, 0.6) is 0 Å². The van der Waals surface area contributed by atoms with Crippen LogP contribution in [-0.4, -0.2) is 35.4 Å². The lowest BCUT2D eigenvalue weighted by Crippen LogP contribution is -2.25. The van der Waals surface area contributed by atoms with Gasteiger partial charge in [0.2, 0.25) is 0 Å². The molecular formula is C9H20PS3+. The van der Waals surface area contributed by atoms with Crippen LogP contribution in [0.2, 0.25) is 0 Å². The summed E-state index contributed by atoms with van der Waals surface area (Å²) in [5.74, 6) is 2.68. The first-order valence-corrected chi connectivity index (χ1v) is 11.2. The summed E-state index contributed by atoms with van der Waals surface area (Å²) in [5, 5.41) is 0. The molecule has 0 atom stereocenters. The Kier molecular flexibility index (Phi) is 4.39. The third-order valence-electron chi connectivity index (χ3n) is 2.21. The van der Waals surface area contributed by atoms with E-state index in [0.717, 1.165) is 4.32 Å². The van der Waals surface area contributed by atoms with Crippen molar-refractivity contribution >= 4 is 41.4 Å². The van der Waals surface area contributed by atoms with E-state index < -0.39 is 6.46 Å². The molecule has 0 aliphatic carbocycles. The van der Waals surface area contributed by atoms with Crippen molar-refractivity contribution in [3.8, 4) is 0 Å². The molecule has 0 amide bonds. The van der Waals surface area contributed by atoms with E-state index in [1.165, 1.54) is 11.5 Å². The molecule has 1 heterocycles. The molecule has 0 radical (unpaired) electrons. The number of rotatable bonds is 2. The Morgan fingerprint density at radius 1 is 1.23 bits per heavy atom. The van der Waals surface area contributed by atoms with Gasteiger partial charge in [-0.3, -0.25) is 0 Å².